The first-order valence-electron chi connectivity index (χ1n) is 15.4. The van der Waals surface area contributed by atoms with Gasteiger partial charge in [-0.3, -0.25) is 4.57 Å². The van der Waals surface area contributed by atoms with Gasteiger partial charge in [-0.15, -0.1) is 6.42 Å². The van der Waals surface area contributed by atoms with Gasteiger partial charge in [-0.05, 0) is 49.1 Å². The summed E-state index contributed by atoms with van der Waals surface area (Å²) in [6, 6.07) is 28.6. The summed E-state index contributed by atoms with van der Waals surface area (Å²) in [5.41, 5.74) is 1.31. The average Bonchev–Trinajstić information content (AvgIpc) is 3.65. The van der Waals surface area contributed by atoms with Crippen LogP contribution in [0.1, 0.15) is 50.1 Å². The van der Waals surface area contributed by atoms with Crippen molar-refractivity contribution in [1.29, 1.82) is 0 Å². The van der Waals surface area contributed by atoms with Crippen molar-refractivity contribution in [2.75, 3.05) is 26.1 Å². The largest absolute Gasteiger partial charge is 0.497 e. The Hall–Kier alpha value is -4.75. The molecule has 5 aromatic rings. The number of aromatic nitrogens is 4. The number of hydrogen-bond donors (Lipinski definition) is 1. The van der Waals surface area contributed by atoms with Gasteiger partial charge < -0.3 is 24.3 Å². The fourth-order valence-corrected chi connectivity index (χ4v) is 6.63. The first-order valence-corrected chi connectivity index (χ1v) is 15.4. The zero-order chi connectivity index (χ0) is 32.4. The number of methoxy groups -OCH3 is 2. The molecule has 2 aromatic heterocycles. The number of benzene rings is 3. The Morgan fingerprint density at radius 1 is 0.913 bits per heavy atom. The molecule has 0 amide bonds. The summed E-state index contributed by atoms with van der Waals surface area (Å²) < 4.78 is 26.4. The lowest BCUT2D eigenvalue weighted by molar-refractivity contribution is -0.107. The first kappa shape index (κ1) is 31.2. The first-order chi connectivity index (χ1) is 22.4. The summed E-state index contributed by atoms with van der Waals surface area (Å²) in [4.78, 5) is 14.3. The average molecular weight is 618 g/mol. The summed E-state index contributed by atoms with van der Waals surface area (Å²) in [5.74, 6) is 4.19. The minimum Gasteiger partial charge on any atom is -0.497 e. The maximum Gasteiger partial charge on any atom is 0.201 e. The summed E-state index contributed by atoms with van der Waals surface area (Å²) in [6.07, 6.45) is 8.81. The lowest BCUT2D eigenvalue weighted by Gasteiger charge is -2.37. The minimum atomic E-state index is -1.23. The molecule has 0 unspecified atom stereocenters. The van der Waals surface area contributed by atoms with E-state index in [1.54, 1.807) is 20.5 Å². The lowest BCUT2D eigenvalue weighted by Crippen LogP contribution is -2.51. The molecule has 6 rings (SSSR count). The summed E-state index contributed by atoms with van der Waals surface area (Å²) in [6.45, 7) is 6.44. The molecule has 9 nitrogen and oxygen atoms in total. The third kappa shape index (κ3) is 4.90. The number of fused-ring (bicyclic) bond motifs is 1. The fourth-order valence-electron chi connectivity index (χ4n) is 6.63. The van der Waals surface area contributed by atoms with Crippen LogP contribution in [-0.4, -0.2) is 57.7 Å². The predicted molar refractivity (Wildman–Crippen MR) is 178 cm³/mol. The number of nitrogens with zero attached hydrogens (tertiary/aromatic N) is 4. The van der Waals surface area contributed by atoms with Crippen LogP contribution in [0.5, 0.6) is 5.75 Å². The van der Waals surface area contributed by atoms with Crippen LogP contribution in [-0.2, 0) is 19.7 Å². The highest BCUT2D eigenvalue weighted by Gasteiger charge is 2.63. The predicted octanol–water partition coefficient (Wildman–Crippen LogP) is 6.36. The third-order valence-corrected chi connectivity index (χ3v) is 9.14. The molecule has 1 aliphatic rings. The van der Waals surface area contributed by atoms with Gasteiger partial charge in [0, 0.05) is 13.7 Å². The van der Waals surface area contributed by atoms with Crippen molar-refractivity contribution in [2.24, 2.45) is 0 Å². The Morgan fingerprint density at radius 2 is 1.54 bits per heavy atom. The van der Waals surface area contributed by atoms with Gasteiger partial charge in [-0.25, -0.2) is 15.0 Å². The van der Waals surface area contributed by atoms with Gasteiger partial charge in [0.2, 0.25) is 5.60 Å². The highest BCUT2D eigenvalue weighted by molar-refractivity contribution is 5.84. The van der Waals surface area contributed by atoms with Crippen LogP contribution in [0.2, 0.25) is 0 Å². The van der Waals surface area contributed by atoms with Crippen molar-refractivity contribution in [1.82, 2.24) is 19.5 Å². The van der Waals surface area contributed by atoms with Crippen molar-refractivity contribution in [3.8, 4) is 18.1 Å². The molecule has 1 N–H and O–H groups in total. The lowest BCUT2D eigenvalue weighted by atomic mass is 9.77. The highest BCUT2D eigenvalue weighted by atomic mass is 16.6. The Bertz CT molecular complexity index is 1780. The smallest absolute Gasteiger partial charge is 0.201 e. The van der Waals surface area contributed by atoms with E-state index in [0.717, 1.165) is 22.4 Å². The number of nitrogens with one attached hydrogen (secondary N) is 1. The molecule has 3 heterocycles. The van der Waals surface area contributed by atoms with Crippen LogP contribution in [0.15, 0.2) is 97.6 Å². The second-order valence-corrected chi connectivity index (χ2v) is 11.5. The monoisotopic (exact) mass is 617 g/mol. The second kappa shape index (κ2) is 12.6. The zero-order valence-electron chi connectivity index (χ0n) is 26.8. The molecule has 0 radical (unpaired) electrons. The van der Waals surface area contributed by atoms with Gasteiger partial charge in [0.25, 0.3) is 0 Å². The van der Waals surface area contributed by atoms with Crippen LogP contribution in [0.4, 0.5) is 5.82 Å². The molecule has 1 saturated heterocycles. The Kier molecular flexibility index (Phi) is 8.53. The van der Waals surface area contributed by atoms with E-state index in [2.05, 4.69) is 52.6 Å². The van der Waals surface area contributed by atoms with Gasteiger partial charge in [-0.1, -0.05) is 85.6 Å². The van der Waals surface area contributed by atoms with E-state index in [-0.39, 0.29) is 0 Å². The molecule has 1 aliphatic heterocycles. The summed E-state index contributed by atoms with van der Waals surface area (Å²) in [5, 5.41) is 3.83. The van der Waals surface area contributed by atoms with Crippen molar-refractivity contribution < 1.29 is 18.9 Å². The quantitative estimate of drug-likeness (QED) is 0.135. The molecular formula is C37H39N5O4. The van der Waals surface area contributed by atoms with E-state index in [0.29, 0.717) is 30.0 Å². The Labute approximate surface area is 269 Å². The number of anilines is 1. The minimum absolute atomic E-state index is 0.455. The highest BCUT2D eigenvalue weighted by Crippen LogP contribution is 2.50. The molecule has 0 saturated carbocycles. The molecule has 0 aliphatic carbocycles. The molecule has 3 aromatic carbocycles. The maximum absolute atomic E-state index is 6.72. The van der Waals surface area contributed by atoms with E-state index < -0.39 is 29.1 Å². The van der Waals surface area contributed by atoms with Gasteiger partial charge >= 0.3 is 0 Å². The van der Waals surface area contributed by atoms with Gasteiger partial charge in [0.1, 0.15) is 23.7 Å². The van der Waals surface area contributed by atoms with E-state index in [1.807, 2.05) is 73.9 Å². The van der Waals surface area contributed by atoms with Gasteiger partial charge in [0.05, 0.1) is 19.0 Å². The number of terminal acetylenes is 1. The van der Waals surface area contributed by atoms with Crippen molar-refractivity contribution >= 4 is 17.0 Å². The van der Waals surface area contributed by atoms with Crippen molar-refractivity contribution in [2.45, 2.75) is 56.3 Å². The second-order valence-electron chi connectivity index (χ2n) is 11.5. The van der Waals surface area contributed by atoms with Crippen molar-refractivity contribution in [3.05, 3.63) is 114 Å². The SMILES string of the molecule is C#C[C@]1(OC)[C@H](n2cnc3c(NC(c4ccccc4)(c4ccccc4)c4ccc(OC)cc4)ncnc32)O[C@](C)(CC)[C@H]1OCC. The molecule has 0 spiro atoms. The van der Waals surface area contributed by atoms with E-state index in [9.17, 15) is 0 Å². The molecule has 0 bridgehead atoms. The molecule has 4 atom stereocenters. The standard InChI is InChI=1S/C37H39N5O4/c1-7-35(4)33(45-9-3)36(8-2,44-6)34(46-35)42-25-40-30-31(38-24-39-32(30)42)41-37(26-16-12-10-13-17-26,27-18-14-11-15-19-27)28-20-22-29(43-5)23-21-28/h2,10-25,33-34H,7,9H2,1,3-6H3,(H,38,39,41)/t33-,34-,35-,36-/m1/s1. The van der Waals surface area contributed by atoms with Gasteiger partial charge in [-0.2, -0.15) is 0 Å². The molecule has 46 heavy (non-hydrogen) atoms. The van der Waals surface area contributed by atoms with Crippen LogP contribution >= 0.6 is 0 Å². The van der Waals surface area contributed by atoms with Crippen LogP contribution < -0.4 is 10.1 Å². The summed E-state index contributed by atoms with van der Waals surface area (Å²) in [7, 11) is 3.25. The summed E-state index contributed by atoms with van der Waals surface area (Å²) >= 11 is 0. The van der Waals surface area contributed by atoms with Crippen LogP contribution in [0.25, 0.3) is 11.2 Å². The van der Waals surface area contributed by atoms with E-state index in [4.69, 9.17) is 35.3 Å². The Morgan fingerprint density at radius 3 is 2.09 bits per heavy atom. The molecule has 236 valence electrons. The van der Waals surface area contributed by atoms with E-state index in [1.165, 1.54) is 6.33 Å². The zero-order valence-corrected chi connectivity index (χ0v) is 26.8. The number of ether oxygens (including phenoxy) is 4. The molecule has 9 heteroatoms. The molecule has 1 fully saturated rings. The van der Waals surface area contributed by atoms with E-state index >= 15 is 0 Å². The number of rotatable bonds is 11. The topological polar surface area (TPSA) is 92.6 Å². The van der Waals surface area contributed by atoms with Crippen molar-refractivity contribution in [3.63, 3.8) is 0 Å². The third-order valence-electron chi connectivity index (χ3n) is 9.14. The molecular weight excluding hydrogens is 578 g/mol. The normalized spacial score (nSPS) is 22.9. The maximum atomic E-state index is 6.72. The van der Waals surface area contributed by atoms with Crippen LogP contribution in [0, 0.1) is 12.3 Å². The number of hydrogen-bond acceptors (Lipinski definition) is 8. The van der Waals surface area contributed by atoms with Crippen LogP contribution in [0.3, 0.4) is 0 Å². The number of imidazole rings is 1. The van der Waals surface area contributed by atoms with Gasteiger partial charge in [0.15, 0.2) is 23.2 Å². The Balaban J connectivity index is 1.54. The fraction of sp³-hybridized carbons (Fsp3) is 0.324.